The second-order valence-electron chi connectivity index (χ2n) is 3.44. The molecule has 2 N–H and O–H groups in total. The smallest absolute Gasteiger partial charge is 0.165 e. The molecule has 3 atom stereocenters. The number of aliphatic hydroxyl groups excluding tert-OH is 2. The average Bonchev–Trinajstić information content (AvgIpc) is 2.39. The van der Waals surface area contributed by atoms with Gasteiger partial charge in [-0.2, -0.15) is 0 Å². The molecule has 0 saturated carbocycles. The zero-order chi connectivity index (χ0) is 10.1. The molecule has 1 rings (SSSR count). The van der Waals surface area contributed by atoms with Gasteiger partial charge in [0, 0.05) is 0 Å². The molecule has 0 aromatic heterocycles. The lowest BCUT2D eigenvalue weighted by Gasteiger charge is -2.18. The molecule has 13 heavy (non-hydrogen) atoms. The van der Waals surface area contributed by atoms with E-state index in [1.54, 1.807) is 13.8 Å². The highest BCUT2D eigenvalue weighted by atomic mass is 16.8. The van der Waals surface area contributed by atoms with Crippen LogP contribution in [-0.2, 0) is 9.47 Å². The van der Waals surface area contributed by atoms with Gasteiger partial charge in [-0.25, -0.2) is 0 Å². The second-order valence-corrected chi connectivity index (χ2v) is 3.44. The summed E-state index contributed by atoms with van der Waals surface area (Å²) in [6, 6.07) is 0. The summed E-state index contributed by atoms with van der Waals surface area (Å²) >= 11 is 0. The maximum atomic E-state index is 9.34. The van der Waals surface area contributed by atoms with Crippen LogP contribution < -0.4 is 0 Å². The first-order valence-corrected chi connectivity index (χ1v) is 4.11. The Labute approximate surface area is 77.5 Å². The number of rotatable bonds is 2. The van der Waals surface area contributed by atoms with Crippen LogP contribution in [0, 0.1) is 12.3 Å². The van der Waals surface area contributed by atoms with Gasteiger partial charge in [0.2, 0.25) is 0 Å². The number of hydrogen-bond acceptors (Lipinski definition) is 4. The first-order valence-electron chi connectivity index (χ1n) is 4.11. The Kier molecular flexibility index (Phi) is 2.94. The molecule has 1 fully saturated rings. The lowest BCUT2D eigenvalue weighted by Crippen LogP contribution is -2.37. The van der Waals surface area contributed by atoms with E-state index in [4.69, 9.17) is 21.0 Å². The second kappa shape index (κ2) is 3.64. The highest BCUT2D eigenvalue weighted by molar-refractivity contribution is 5.04. The molecular formula is C9H14O4. The van der Waals surface area contributed by atoms with Crippen LogP contribution in [0.4, 0.5) is 0 Å². The van der Waals surface area contributed by atoms with Gasteiger partial charge in [0.05, 0.1) is 6.61 Å². The predicted molar refractivity (Wildman–Crippen MR) is 45.8 cm³/mol. The van der Waals surface area contributed by atoms with Crippen LogP contribution in [0.5, 0.6) is 0 Å². The van der Waals surface area contributed by atoms with Crippen molar-refractivity contribution in [1.29, 1.82) is 0 Å². The molecule has 0 spiro atoms. The fourth-order valence-electron chi connectivity index (χ4n) is 1.30. The van der Waals surface area contributed by atoms with E-state index in [1.807, 2.05) is 0 Å². The van der Waals surface area contributed by atoms with Gasteiger partial charge < -0.3 is 19.7 Å². The van der Waals surface area contributed by atoms with Crippen molar-refractivity contribution in [1.82, 2.24) is 0 Å². The summed E-state index contributed by atoms with van der Waals surface area (Å²) in [6.45, 7) is 3.03. The molecule has 0 bridgehead atoms. The highest BCUT2D eigenvalue weighted by Gasteiger charge is 2.43. The SMILES string of the molecule is C#C[C@@H]1OC(C)(C)O[C@H]1[C@@H](O)CO. The van der Waals surface area contributed by atoms with Crippen LogP contribution in [0.15, 0.2) is 0 Å². The van der Waals surface area contributed by atoms with E-state index in [1.165, 1.54) is 0 Å². The number of aliphatic hydroxyl groups is 2. The van der Waals surface area contributed by atoms with Crippen LogP contribution in [0.3, 0.4) is 0 Å². The monoisotopic (exact) mass is 186 g/mol. The number of terminal acetylenes is 1. The van der Waals surface area contributed by atoms with E-state index in [0.717, 1.165) is 0 Å². The summed E-state index contributed by atoms with van der Waals surface area (Å²) in [5.41, 5.74) is 0. The fraction of sp³-hybridized carbons (Fsp3) is 0.778. The molecule has 0 aromatic rings. The molecule has 1 heterocycles. The van der Waals surface area contributed by atoms with Gasteiger partial charge in [-0.05, 0) is 13.8 Å². The summed E-state index contributed by atoms with van der Waals surface area (Å²) < 4.78 is 10.6. The molecule has 0 unspecified atom stereocenters. The first-order chi connectivity index (χ1) is 6.00. The zero-order valence-corrected chi connectivity index (χ0v) is 7.73. The Balaban J connectivity index is 2.70. The topological polar surface area (TPSA) is 58.9 Å². The van der Waals surface area contributed by atoms with Crippen molar-refractivity contribution in [3.8, 4) is 12.3 Å². The van der Waals surface area contributed by atoms with E-state index < -0.39 is 24.1 Å². The predicted octanol–water partition coefficient (Wildman–Crippen LogP) is -0.507. The quantitative estimate of drug-likeness (QED) is 0.570. The summed E-state index contributed by atoms with van der Waals surface area (Å²) in [6.07, 6.45) is 2.94. The lowest BCUT2D eigenvalue weighted by atomic mass is 10.1. The maximum Gasteiger partial charge on any atom is 0.165 e. The third-order valence-electron chi connectivity index (χ3n) is 1.86. The normalized spacial score (nSPS) is 34.1. The number of hydrogen-bond donors (Lipinski definition) is 2. The van der Waals surface area contributed by atoms with E-state index in [0.29, 0.717) is 0 Å². The molecule has 4 heteroatoms. The summed E-state index contributed by atoms with van der Waals surface area (Å²) in [4.78, 5) is 0. The van der Waals surface area contributed by atoms with Crippen molar-refractivity contribution in [3.05, 3.63) is 0 Å². The van der Waals surface area contributed by atoms with Gasteiger partial charge in [0.15, 0.2) is 5.79 Å². The van der Waals surface area contributed by atoms with Crippen LogP contribution in [0.25, 0.3) is 0 Å². The van der Waals surface area contributed by atoms with Crippen molar-refractivity contribution in [2.24, 2.45) is 0 Å². The molecule has 0 radical (unpaired) electrons. The van der Waals surface area contributed by atoms with Crippen molar-refractivity contribution in [2.75, 3.05) is 6.61 Å². The largest absolute Gasteiger partial charge is 0.394 e. The Morgan fingerprint density at radius 3 is 2.62 bits per heavy atom. The third-order valence-corrected chi connectivity index (χ3v) is 1.86. The fourth-order valence-corrected chi connectivity index (χ4v) is 1.30. The van der Waals surface area contributed by atoms with Crippen molar-refractivity contribution < 1.29 is 19.7 Å². The van der Waals surface area contributed by atoms with Crippen molar-refractivity contribution in [3.63, 3.8) is 0 Å². The minimum atomic E-state index is -0.997. The van der Waals surface area contributed by atoms with Gasteiger partial charge in [0.1, 0.15) is 18.3 Å². The Morgan fingerprint density at radius 1 is 1.54 bits per heavy atom. The summed E-state index contributed by atoms with van der Waals surface area (Å²) in [5.74, 6) is 1.57. The number of ether oxygens (including phenoxy) is 2. The van der Waals surface area contributed by atoms with Crippen LogP contribution in [-0.4, -0.2) is 40.9 Å². The zero-order valence-electron chi connectivity index (χ0n) is 7.73. The summed E-state index contributed by atoms with van der Waals surface area (Å²) in [7, 11) is 0. The van der Waals surface area contributed by atoms with E-state index in [9.17, 15) is 5.11 Å². The van der Waals surface area contributed by atoms with E-state index in [-0.39, 0.29) is 6.61 Å². The molecule has 74 valence electrons. The van der Waals surface area contributed by atoms with Crippen LogP contribution >= 0.6 is 0 Å². The molecule has 1 saturated heterocycles. The molecule has 1 aliphatic heterocycles. The molecule has 0 aromatic carbocycles. The molecule has 0 aliphatic carbocycles. The summed E-state index contributed by atoms with van der Waals surface area (Å²) in [5, 5.41) is 18.1. The highest BCUT2D eigenvalue weighted by Crippen LogP contribution is 2.29. The van der Waals surface area contributed by atoms with Gasteiger partial charge >= 0.3 is 0 Å². The van der Waals surface area contributed by atoms with Gasteiger partial charge in [0.25, 0.3) is 0 Å². The Bertz CT molecular complexity index is 218. The molecule has 4 nitrogen and oxygen atoms in total. The first kappa shape index (κ1) is 10.5. The molecule has 1 aliphatic rings. The van der Waals surface area contributed by atoms with E-state index in [2.05, 4.69) is 5.92 Å². The minimum absolute atomic E-state index is 0.387. The minimum Gasteiger partial charge on any atom is -0.394 e. The maximum absolute atomic E-state index is 9.34. The van der Waals surface area contributed by atoms with Gasteiger partial charge in [-0.1, -0.05) is 5.92 Å². The average molecular weight is 186 g/mol. The van der Waals surface area contributed by atoms with Crippen LogP contribution in [0.1, 0.15) is 13.8 Å². The van der Waals surface area contributed by atoms with Crippen molar-refractivity contribution >= 4 is 0 Å². The van der Waals surface area contributed by atoms with Gasteiger partial charge in [-0.15, -0.1) is 6.42 Å². The van der Waals surface area contributed by atoms with Gasteiger partial charge in [-0.3, -0.25) is 0 Å². The van der Waals surface area contributed by atoms with Crippen molar-refractivity contribution in [2.45, 2.75) is 37.9 Å². The van der Waals surface area contributed by atoms with Crippen LogP contribution in [0.2, 0.25) is 0 Å². The Morgan fingerprint density at radius 2 is 2.15 bits per heavy atom. The third kappa shape index (κ3) is 2.20. The Hall–Kier alpha value is -0.600. The standard InChI is InChI=1S/C9H14O4/c1-4-7-8(6(11)5-10)13-9(2,3)12-7/h1,6-8,10-11H,5H2,2-3H3/t6-,7-,8-/m0/s1. The molecular weight excluding hydrogens is 172 g/mol. The molecule has 0 amide bonds. The van der Waals surface area contributed by atoms with E-state index >= 15 is 0 Å². The lowest BCUT2D eigenvalue weighted by molar-refractivity contribution is -0.155.